The lowest BCUT2D eigenvalue weighted by atomic mass is 10.0. The first-order valence-corrected chi connectivity index (χ1v) is 8.32. The zero-order valence-corrected chi connectivity index (χ0v) is 14.5. The normalized spacial score (nSPS) is 12.5. The molecular weight excluding hydrogens is 320 g/mol. The Kier molecular flexibility index (Phi) is 6.50. The molecule has 1 atom stereocenters. The third-order valence-corrected chi connectivity index (χ3v) is 4.23. The summed E-state index contributed by atoms with van der Waals surface area (Å²) < 4.78 is 0. The van der Waals surface area contributed by atoms with Crippen molar-refractivity contribution in [2.45, 2.75) is 39.0 Å². The smallest absolute Gasteiger partial charge is 0.311 e. The average Bonchev–Trinajstić information content (AvgIpc) is 2.59. The lowest BCUT2D eigenvalue weighted by Crippen LogP contribution is -2.32. The van der Waals surface area contributed by atoms with E-state index in [1.165, 1.54) is 23.8 Å². The number of phenols is 1. The van der Waals surface area contributed by atoms with Gasteiger partial charge in [0.2, 0.25) is 0 Å². The molecule has 0 aliphatic heterocycles. The van der Waals surface area contributed by atoms with Crippen LogP contribution in [0.3, 0.4) is 0 Å². The Morgan fingerprint density at radius 2 is 1.84 bits per heavy atom. The van der Waals surface area contributed by atoms with Gasteiger partial charge in [-0.15, -0.1) is 0 Å². The number of phenolic OH excluding ortho intramolecular Hbond substituents is 1. The summed E-state index contributed by atoms with van der Waals surface area (Å²) in [6.07, 6.45) is -0.372. The molecule has 0 saturated carbocycles. The van der Waals surface area contributed by atoms with E-state index < -0.39 is 16.8 Å². The number of aromatic hydroxyl groups is 1. The summed E-state index contributed by atoms with van der Waals surface area (Å²) in [5.74, 6) is -0.395. The maximum absolute atomic E-state index is 10.9. The van der Waals surface area contributed by atoms with Crippen molar-refractivity contribution < 1.29 is 15.1 Å². The first-order valence-electron chi connectivity index (χ1n) is 8.32. The molecule has 0 aliphatic carbocycles. The van der Waals surface area contributed by atoms with E-state index in [-0.39, 0.29) is 5.69 Å². The average molecular weight is 344 g/mol. The summed E-state index contributed by atoms with van der Waals surface area (Å²) in [7, 11) is 0. The summed E-state index contributed by atoms with van der Waals surface area (Å²) in [5, 5.41) is 30.8. The molecular formula is C19H24N2O4. The van der Waals surface area contributed by atoms with Crippen molar-refractivity contribution in [2.24, 2.45) is 0 Å². The van der Waals surface area contributed by atoms with E-state index in [0.717, 1.165) is 6.54 Å². The monoisotopic (exact) mass is 344 g/mol. The molecule has 0 heterocycles. The quantitative estimate of drug-likeness (QED) is 0.564. The highest BCUT2D eigenvalue weighted by atomic mass is 16.6. The molecule has 2 N–H and O–H groups in total. The van der Waals surface area contributed by atoms with Crippen molar-refractivity contribution in [3.05, 3.63) is 69.8 Å². The highest BCUT2D eigenvalue weighted by Crippen LogP contribution is 2.30. The van der Waals surface area contributed by atoms with E-state index in [1.807, 2.05) is 18.2 Å². The number of hydrogen-bond acceptors (Lipinski definition) is 5. The van der Waals surface area contributed by atoms with Gasteiger partial charge in [0.15, 0.2) is 5.75 Å². The Hall–Kier alpha value is -2.44. The number of nitro benzene ring substituents is 1. The molecule has 0 radical (unpaired) electrons. The first-order chi connectivity index (χ1) is 11.9. The SMILES string of the molecule is CC(C)N(CCC(O)c1ccc(O)c([N+](=O)[O-])c1)Cc1ccccc1. The van der Waals surface area contributed by atoms with Crippen molar-refractivity contribution in [2.75, 3.05) is 6.54 Å². The van der Waals surface area contributed by atoms with Crippen molar-refractivity contribution in [3.8, 4) is 5.75 Å². The van der Waals surface area contributed by atoms with Crippen LogP contribution in [0.25, 0.3) is 0 Å². The van der Waals surface area contributed by atoms with Gasteiger partial charge in [-0.1, -0.05) is 36.4 Å². The fourth-order valence-electron chi connectivity index (χ4n) is 2.69. The first kappa shape index (κ1) is 18.9. The van der Waals surface area contributed by atoms with Gasteiger partial charge in [-0.3, -0.25) is 15.0 Å². The van der Waals surface area contributed by atoms with Crippen LogP contribution in [-0.4, -0.2) is 32.6 Å². The molecule has 134 valence electrons. The van der Waals surface area contributed by atoms with Gasteiger partial charge in [0, 0.05) is 25.2 Å². The number of hydrogen-bond donors (Lipinski definition) is 2. The standard InChI is InChI=1S/C19H24N2O4/c1-14(2)20(13-15-6-4-3-5-7-15)11-10-18(22)16-8-9-19(23)17(12-16)21(24)25/h3-9,12,14,18,22-23H,10-11,13H2,1-2H3. The highest BCUT2D eigenvalue weighted by molar-refractivity contribution is 5.48. The summed E-state index contributed by atoms with van der Waals surface area (Å²) in [4.78, 5) is 12.5. The van der Waals surface area contributed by atoms with Crippen LogP contribution in [0.1, 0.15) is 37.5 Å². The fraction of sp³-hybridized carbons (Fsp3) is 0.368. The minimum Gasteiger partial charge on any atom is -0.502 e. The summed E-state index contributed by atoms with van der Waals surface area (Å²) >= 11 is 0. The number of nitrogens with zero attached hydrogens (tertiary/aromatic N) is 2. The zero-order valence-electron chi connectivity index (χ0n) is 14.5. The maximum Gasteiger partial charge on any atom is 0.311 e. The molecule has 6 heteroatoms. The number of aliphatic hydroxyl groups is 1. The summed E-state index contributed by atoms with van der Waals surface area (Å²) in [5.41, 5.74) is 1.25. The molecule has 0 aromatic heterocycles. The van der Waals surface area contributed by atoms with Gasteiger partial charge in [0.1, 0.15) is 0 Å². The highest BCUT2D eigenvalue weighted by Gasteiger charge is 2.19. The van der Waals surface area contributed by atoms with Crippen LogP contribution in [0.2, 0.25) is 0 Å². The van der Waals surface area contributed by atoms with Crippen molar-refractivity contribution in [1.29, 1.82) is 0 Å². The predicted molar refractivity (Wildman–Crippen MR) is 96.3 cm³/mol. The van der Waals surface area contributed by atoms with Crippen LogP contribution < -0.4 is 0 Å². The summed E-state index contributed by atoms with van der Waals surface area (Å²) in [6, 6.07) is 14.4. The second kappa shape index (κ2) is 8.60. The molecule has 0 aliphatic rings. The lowest BCUT2D eigenvalue weighted by Gasteiger charge is -2.27. The Labute approximate surface area is 147 Å². The van der Waals surface area contributed by atoms with E-state index in [9.17, 15) is 20.3 Å². The Bertz CT molecular complexity index is 704. The third kappa shape index (κ3) is 5.27. The number of benzene rings is 2. The minimum absolute atomic E-state index is 0.307. The van der Waals surface area contributed by atoms with Crippen molar-refractivity contribution >= 4 is 5.69 Å². The van der Waals surface area contributed by atoms with Crippen molar-refractivity contribution in [1.82, 2.24) is 4.90 Å². The zero-order chi connectivity index (χ0) is 18.4. The molecule has 2 aromatic rings. The van der Waals surface area contributed by atoms with E-state index in [2.05, 4.69) is 30.9 Å². The molecule has 0 bridgehead atoms. The summed E-state index contributed by atoms with van der Waals surface area (Å²) in [6.45, 7) is 5.63. The van der Waals surface area contributed by atoms with E-state index >= 15 is 0 Å². The molecule has 1 unspecified atom stereocenters. The number of aliphatic hydroxyl groups excluding tert-OH is 1. The second-order valence-corrected chi connectivity index (χ2v) is 6.36. The van der Waals surface area contributed by atoms with Gasteiger partial charge in [0.05, 0.1) is 11.0 Å². The Balaban J connectivity index is 2.02. The van der Waals surface area contributed by atoms with Crippen LogP contribution in [0.4, 0.5) is 5.69 Å². The third-order valence-electron chi connectivity index (χ3n) is 4.23. The maximum atomic E-state index is 10.9. The largest absolute Gasteiger partial charge is 0.502 e. The van der Waals surface area contributed by atoms with Gasteiger partial charge in [0.25, 0.3) is 0 Å². The van der Waals surface area contributed by atoms with Gasteiger partial charge in [-0.25, -0.2) is 0 Å². The minimum atomic E-state index is -0.823. The Morgan fingerprint density at radius 3 is 2.44 bits per heavy atom. The molecule has 0 fully saturated rings. The number of nitro groups is 1. The predicted octanol–water partition coefficient (Wildman–Crippen LogP) is 3.63. The van der Waals surface area contributed by atoms with Crippen molar-refractivity contribution in [3.63, 3.8) is 0 Å². The van der Waals surface area contributed by atoms with E-state index in [1.54, 1.807) is 0 Å². The van der Waals surface area contributed by atoms with Crippen LogP contribution >= 0.6 is 0 Å². The van der Waals surface area contributed by atoms with E-state index in [4.69, 9.17) is 0 Å². The van der Waals surface area contributed by atoms with Crippen LogP contribution in [0.15, 0.2) is 48.5 Å². The van der Waals surface area contributed by atoms with Crippen LogP contribution in [0, 0.1) is 10.1 Å². The molecule has 25 heavy (non-hydrogen) atoms. The van der Waals surface area contributed by atoms with Gasteiger partial charge < -0.3 is 10.2 Å². The second-order valence-electron chi connectivity index (χ2n) is 6.36. The molecule has 2 aromatic carbocycles. The van der Waals surface area contributed by atoms with E-state index in [0.29, 0.717) is 24.6 Å². The van der Waals surface area contributed by atoms with Crippen LogP contribution in [-0.2, 0) is 6.54 Å². The molecule has 0 saturated heterocycles. The number of rotatable bonds is 8. The van der Waals surface area contributed by atoms with Gasteiger partial charge in [-0.05, 0) is 37.5 Å². The molecule has 0 spiro atoms. The molecule has 0 amide bonds. The lowest BCUT2D eigenvalue weighted by molar-refractivity contribution is -0.386. The fourth-order valence-corrected chi connectivity index (χ4v) is 2.69. The van der Waals surface area contributed by atoms with Gasteiger partial charge in [-0.2, -0.15) is 0 Å². The Morgan fingerprint density at radius 1 is 1.16 bits per heavy atom. The van der Waals surface area contributed by atoms with Gasteiger partial charge >= 0.3 is 5.69 Å². The van der Waals surface area contributed by atoms with Crippen LogP contribution in [0.5, 0.6) is 5.75 Å². The topological polar surface area (TPSA) is 86.8 Å². The molecule has 2 rings (SSSR count). The molecule has 6 nitrogen and oxygen atoms in total.